The standard InChI is InChI=1S/C16H28N4O2/c1-3-4-5-6-7-8-9-10-11-19-13(2)14(12-17)15(21)20-16(18)22/h19H,3-11H2,1-2H3,(H3,18,20,21,22)/b14-13-. The Morgan fingerprint density at radius 2 is 1.59 bits per heavy atom. The molecule has 0 saturated heterocycles. The number of hydrogen-bond acceptors (Lipinski definition) is 4. The number of allylic oxidation sites excluding steroid dienone is 1. The molecular weight excluding hydrogens is 280 g/mol. The second-order valence-electron chi connectivity index (χ2n) is 5.33. The maximum atomic E-state index is 11.6. The zero-order chi connectivity index (χ0) is 16.8. The van der Waals surface area contributed by atoms with Crippen LogP contribution in [0.25, 0.3) is 0 Å². The third-order valence-electron chi connectivity index (χ3n) is 3.37. The summed E-state index contributed by atoms with van der Waals surface area (Å²) >= 11 is 0. The first-order valence-corrected chi connectivity index (χ1v) is 7.98. The van der Waals surface area contributed by atoms with E-state index in [4.69, 9.17) is 11.0 Å². The molecule has 0 aromatic heterocycles. The van der Waals surface area contributed by atoms with E-state index >= 15 is 0 Å². The van der Waals surface area contributed by atoms with Crippen LogP contribution in [0, 0.1) is 11.3 Å². The number of primary amides is 1. The van der Waals surface area contributed by atoms with Crippen LogP contribution < -0.4 is 16.4 Å². The summed E-state index contributed by atoms with van der Waals surface area (Å²) < 4.78 is 0. The Bertz CT molecular complexity index is 424. The van der Waals surface area contributed by atoms with E-state index in [2.05, 4.69) is 12.2 Å². The maximum Gasteiger partial charge on any atom is 0.319 e. The lowest BCUT2D eigenvalue weighted by atomic mass is 10.1. The SMILES string of the molecule is CCCCCCCCCCN/C(C)=C(/C#N)C(=O)NC(N)=O. The summed E-state index contributed by atoms with van der Waals surface area (Å²) in [6.07, 6.45) is 9.78. The number of hydrogen-bond donors (Lipinski definition) is 3. The molecule has 0 fully saturated rings. The number of carbonyl (C=O) groups excluding carboxylic acids is 2. The van der Waals surface area contributed by atoms with E-state index < -0.39 is 11.9 Å². The van der Waals surface area contributed by atoms with Gasteiger partial charge in [-0.3, -0.25) is 10.1 Å². The van der Waals surface area contributed by atoms with E-state index in [0.29, 0.717) is 12.2 Å². The molecule has 0 aliphatic rings. The van der Waals surface area contributed by atoms with Crippen molar-refractivity contribution in [1.82, 2.24) is 10.6 Å². The number of unbranched alkanes of at least 4 members (excludes halogenated alkanes) is 7. The minimum Gasteiger partial charge on any atom is -0.387 e. The number of carbonyl (C=O) groups is 2. The number of amides is 3. The van der Waals surface area contributed by atoms with Crippen molar-refractivity contribution in [3.05, 3.63) is 11.3 Å². The molecule has 0 spiro atoms. The van der Waals surface area contributed by atoms with E-state index in [0.717, 1.165) is 12.8 Å². The average Bonchev–Trinajstić information content (AvgIpc) is 2.45. The monoisotopic (exact) mass is 308 g/mol. The molecule has 6 nitrogen and oxygen atoms in total. The third-order valence-corrected chi connectivity index (χ3v) is 3.37. The Hall–Kier alpha value is -2.03. The first-order chi connectivity index (χ1) is 10.5. The molecule has 0 unspecified atom stereocenters. The van der Waals surface area contributed by atoms with Gasteiger partial charge in [-0.25, -0.2) is 4.79 Å². The number of nitrogens with one attached hydrogen (secondary N) is 2. The average molecular weight is 308 g/mol. The van der Waals surface area contributed by atoms with Crippen LogP contribution in [0.4, 0.5) is 4.79 Å². The summed E-state index contributed by atoms with van der Waals surface area (Å²) in [5.74, 6) is -0.768. The first kappa shape index (κ1) is 20.0. The zero-order valence-electron chi connectivity index (χ0n) is 13.7. The van der Waals surface area contributed by atoms with Gasteiger partial charge in [-0.05, 0) is 13.3 Å². The quantitative estimate of drug-likeness (QED) is 0.310. The van der Waals surface area contributed by atoms with Crippen molar-refractivity contribution >= 4 is 11.9 Å². The molecule has 0 radical (unpaired) electrons. The highest BCUT2D eigenvalue weighted by Gasteiger charge is 2.13. The highest BCUT2D eigenvalue weighted by molar-refractivity contribution is 6.06. The van der Waals surface area contributed by atoms with Crippen LogP contribution in [0.1, 0.15) is 65.2 Å². The van der Waals surface area contributed by atoms with Gasteiger partial charge in [-0.15, -0.1) is 0 Å². The van der Waals surface area contributed by atoms with Crippen molar-refractivity contribution in [2.75, 3.05) is 6.54 Å². The van der Waals surface area contributed by atoms with Crippen LogP contribution in [-0.2, 0) is 4.79 Å². The van der Waals surface area contributed by atoms with Crippen LogP contribution in [0.2, 0.25) is 0 Å². The molecule has 0 saturated carbocycles. The van der Waals surface area contributed by atoms with Gasteiger partial charge >= 0.3 is 6.03 Å². The molecule has 0 aromatic rings. The molecule has 0 aliphatic carbocycles. The minimum absolute atomic E-state index is 0.113. The largest absolute Gasteiger partial charge is 0.387 e. The molecule has 4 N–H and O–H groups in total. The zero-order valence-corrected chi connectivity index (χ0v) is 13.7. The maximum absolute atomic E-state index is 11.6. The molecule has 0 rings (SSSR count). The van der Waals surface area contributed by atoms with Crippen molar-refractivity contribution in [2.24, 2.45) is 5.73 Å². The second kappa shape index (κ2) is 12.7. The lowest BCUT2D eigenvalue weighted by Gasteiger charge is -2.08. The highest BCUT2D eigenvalue weighted by Crippen LogP contribution is 2.08. The van der Waals surface area contributed by atoms with E-state index in [1.165, 1.54) is 38.5 Å². The second-order valence-corrected chi connectivity index (χ2v) is 5.33. The van der Waals surface area contributed by atoms with E-state index in [1.807, 2.05) is 5.32 Å². The van der Waals surface area contributed by atoms with Gasteiger partial charge in [-0.2, -0.15) is 5.26 Å². The number of nitriles is 1. The van der Waals surface area contributed by atoms with Gasteiger partial charge in [0.25, 0.3) is 5.91 Å². The van der Waals surface area contributed by atoms with Crippen LogP contribution in [0.15, 0.2) is 11.3 Å². The Morgan fingerprint density at radius 1 is 1.05 bits per heavy atom. The van der Waals surface area contributed by atoms with Crippen LogP contribution in [-0.4, -0.2) is 18.5 Å². The van der Waals surface area contributed by atoms with Crippen molar-refractivity contribution in [1.29, 1.82) is 5.26 Å². The fraction of sp³-hybridized carbons (Fsp3) is 0.688. The summed E-state index contributed by atoms with van der Waals surface area (Å²) in [5.41, 5.74) is 5.21. The molecule has 22 heavy (non-hydrogen) atoms. The van der Waals surface area contributed by atoms with E-state index in [9.17, 15) is 9.59 Å². The highest BCUT2D eigenvalue weighted by atomic mass is 16.2. The van der Waals surface area contributed by atoms with Crippen LogP contribution >= 0.6 is 0 Å². The summed E-state index contributed by atoms with van der Waals surface area (Å²) in [6, 6.07) is 0.821. The molecule has 124 valence electrons. The molecule has 0 heterocycles. The van der Waals surface area contributed by atoms with Crippen molar-refractivity contribution in [3.63, 3.8) is 0 Å². The summed E-state index contributed by atoms with van der Waals surface area (Å²) in [5, 5.41) is 13.9. The van der Waals surface area contributed by atoms with Crippen LogP contribution in [0.5, 0.6) is 0 Å². The molecule has 0 aromatic carbocycles. The van der Waals surface area contributed by atoms with Crippen molar-refractivity contribution < 1.29 is 9.59 Å². The van der Waals surface area contributed by atoms with Crippen LogP contribution in [0.3, 0.4) is 0 Å². The smallest absolute Gasteiger partial charge is 0.319 e. The van der Waals surface area contributed by atoms with Gasteiger partial charge in [0.15, 0.2) is 0 Å². The number of rotatable bonds is 11. The third kappa shape index (κ3) is 9.81. The minimum atomic E-state index is -0.964. The molecule has 0 atom stereocenters. The van der Waals surface area contributed by atoms with E-state index in [-0.39, 0.29) is 5.57 Å². The fourth-order valence-corrected chi connectivity index (χ4v) is 2.10. The van der Waals surface area contributed by atoms with Gasteiger partial charge in [0.2, 0.25) is 0 Å². The van der Waals surface area contributed by atoms with Gasteiger partial charge in [0.05, 0.1) is 0 Å². The predicted molar refractivity (Wildman–Crippen MR) is 86.7 cm³/mol. The summed E-state index contributed by atoms with van der Waals surface area (Å²) in [4.78, 5) is 22.2. The van der Waals surface area contributed by atoms with Gasteiger partial charge in [0.1, 0.15) is 11.6 Å². The number of nitrogens with zero attached hydrogens (tertiary/aromatic N) is 1. The van der Waals surface area contributed by atoms with E-state index in [1.54, 1.807) is 13.0 Å². The fourth-order valence-electron chi connectivity index (χ4n) is 2.10. The number of urea groups is 1. The molecule has 0 aliphatic heterocycles. The van der Waals surface area contributed by atoms with Crippen molar-refractivity contribution in [3.8, 4) is 6.07 Å². The predicted octanol–water partition coefficient (Wildman–Crippen LogP) is 2.71. The van der Waals surface area contributed by atoms with Gasteiger partial charge < -0.3 is 11.1 Å². The Morgan fingerprint density at radius 3 is 2.09 bits per heavy atom. The lowest BCUT2D eigenvalue weighted by molar-refractivity contribution is -0.116. The Kier molecular flexibility index (Phi) is 11.5. The first-order valence-electron chi connectivity index (χ1n) is 7.98. The molecule has 6 heteroatoms. The van der Waals surface area contributed by atoms with Gasteiger partial charge in [0, 0.05) is 12.2 Å². The van der Waals surface area contributed by atoms with Crippen molar-refractivity contribution in [2.45, 2.75) is 65.2 Å². The number of nitrogens with two attached hydrogens (primary N) is 1. The Labute approximate surface area is 133 Å². The number of imide groups is 1. The molecule has 0 bridgehead atoms. The molecular formula is C16H28N4O2. The summed E-state index contributed by atoms with van der Waals surface area (Å²) in [6.45, 7) is 4.56. The van der Waals surface area contributed by atoms with Gasteiger partial charge in [-0.1, -0.05) is 51.9 Å². The molecule has 3 amide bonds. The summed E-state index contributed by atoms with van der Waals surface area (Å²) in [7, 11) is 0. The lowest BCUT2D eigenvalue weighted by Crippen LogP contribution is -2.36. The topological polar surface area (TPSA) is 108 Å². The Balaban J connectivity index is 3.92. The normalized spacial score (nSPS) is 11.3.